The molecule has 0 spiro atoms. The van der Waals surface area contributed by atoms with Crippen LogP contribution in [-0.4, -0.2) is 24.9 Å². The van der Waals surface area contributed by atoms with Gasteiger partial charge in [-0.25, -0.2) is 18.1 Å². The predicted octanol–water partition coefficient (Wildman–Crippen LogP) is 0.580. The maximum absolute atomic E-state index is 11.9. The van der Waals surface area contributed by atoms with Crippen molar-refractivity contribution in [3.8, 4) is 0 Å². The molecule has 2 aromatic heterocycles. The molecule has 0 unspecified atom stereocenters. The summed E-state index contributed by atoms with van der Waals surface area (Å²) in [7, 11) is -3.54. The Labute approximate surface area is 111 Å². The van der Waals surface area contributed by atoms with Crippen molar-refractivity contribution < 1.29 is 8.42 Å². The Kier molecular flexibility index (Phi) is 4.08. The highest BCUT2D eigenvalue weighted by molar-refractivity contribution is 7.89. The fraction of sp³-hybridized carbons (Fsp3) is 0.167. The van der Waals surface area contributed by atoms with Gasteiger partial charge in [0.1, 0.15) is 10.7 Å². The van der Waals surface area contributed by atoms with Crippen molar-refractivity contribution in [2.45, 2.75) is 11.3 Å². The van der Waals surface area contributed by atoms with Crippen LogP contribution in [0.15, 0.2) is 47.8 Å². The topological polar surface area (TPSA) is 98.0 Å². The van der Waals surface area contributed by atoms with Crippen molar-refractivity contribution in [3.05, 3.63) is 48.4 Å². The molecule has 2 heterocycles. The first kappa shape index (κ1) is 13.4. The molecule has 7 heteroatoms. The molecule has 0 aliphatic rings. The predicted molar refractivity (Wildman–Crippen MR) is 71.8 cm³/mol. The Morgan fingerprint density at radius 1 is 1.21 bits per heavy atom. The number of pyridine rings is 2. The second-order valence-electron chi connectivity index (χ2n) is 3.93. The van der Waals surface area contributed by atoms with E-state index in [2.05, 4.69) is 14.7 Å². The van der Waals surface area contributed by atoms with Crippen LogP contribution in [0.3, 0.4) is 0 Å². The third kappa shape index (κ3) is 3.73. The van der Waals surface area contributed by atoms with Gasteiger partial charge in [-0.2, -0.15) is 0 Å². The lowest BCUT2D eigenvalue weighted by Gasteiger charge is -2.06. The van der Waals surface area contributed by atoms with Crippen molar-refractivity contribution in [1.82, 2.24) is 14.7 Å². The van der Waals surface area contributed by atoms with E-state index in [9.17, 15) is 8.42 Å². The maximum atomic E-state index is 11.9. The van der Waals surface area contributed by atoms with Crippen LogP contribution in [0.5, 0.6) is 0 Å². The monoisotopic (exact) mass is 278 g/mol. The van der Waals surface area contributed by atoms with E-state index in [-0.39, 0.29) is 10.7 Å². The van der Waals surface area contributed by atoms with Crippen LogP contribution in [-0.2, 0) is 16.4 Å². The van der Waals surface area contributed by atoms with Gasteiger partial charge < -0.3 is 5.73 Å². The molecule has 2 rings (SSSR count). The number of nitrogens with zero attached hydrogens (tertiary/aromatic N) is 2. The van der Waals surface area contributed by atoms with Crippen molar-refractivity contribution in [3.63, 3.8) is 0 Å². The van der Waals surface area contributed by atoms with Crippen LogP contribution >= 0.6 is 0 Å². The summed E-state index contributed by atoms with van der Waals surface area (Å²) in [6.45, 7) is 0.304. The Balaban J connectivity index is 1.97. The average molecular weight is 278 g/mol. The molecule has 0 radical (unpaired) electrons. The summed E-state index contributed by atoms with van der Waals surface area (Å²) in [5, 5.41) is 0. The molecule has 19 heavy (non-hydrogen) atoms. The Hall–Kier alpha value is -1.99. The summed E-state index contributed by atoms with van der Waals surface area (Å²) in [5.41, 5.74) is 6.39. The van der Waals surface area contributed by atoms with Gasteiger partial charge in [0.2, 0.25) is 10.0 Å². The molecule has 6 nitrogen and oxygen atoms in total. The van der Waals surface area contributed by atoms with E-state index >= 15 is 0 Å². The van der Waals surface area contributed by atoms with Gasteiger partial charge in [-0.15, -0.1) is 0 Å². The number of nitrogens with two attached hydrogens (primary N) is 1. The highest BCUT2D eigenvalue weighted by Crippen LogP contribution is 2.08. The van der Waals surface area contributed by atoms with Crippen molar-refractivity contribution in [2.24, 2.45) is 0 Å². The molecule has 0 aliphatic heterocycles. The molecular weight excluding hydrogens is 264 g/mol. The lowest BCUT2D eigenvalue weighted by Crippen LogP contribution is -2.26. The van der Waals surface area contributed by atoms with Gasteiger partial charge >= 0.3 is 0 Å². The fourth-order valence-electron chi connectivity index (χ4n) is 1.51. The minimum absolute atomic E-state index is 0.105. The normalized spacial score (nSPS) is 11.4. The Bertz CT molecular complexity index is 627. The second-order valence-corrected chi connectivity index (χ2v) is 5.69. The average Bonchev–Trinajstić information content (AvgIpc) is 2.40. The lowest BCUT2D eigenvalue weighted by atomic mass is 10.2. The quantitative estimate of drug-likeness (QED) is 0.833. The zero-order chi connectivity index (χ0) is 13.7. The number of sulfonamides is 1. The summed E-state index contributed by atoms with van der Waals surface area (Å²) in [4.78, 5) is 7.83. The highest BCUT2D eigenvalue weighted by atomic mass is 32.2. The summed E-state index contributed by atoms with van der Waals surface area (Å²) in [5.74, 6) is 0.286. The molecule has 0 aliphatic carbocycles. The maximum Gasteiger partial charge on any atom is 0.242 e. The minimum Gasteiger partial charge on any atom is -0.384 e. The molecule has 0 atom stereocenters. The number of aromatic nitrogens is 2. The molecule has 100 valence electrons. The number of rotatable bonds is 5. The van der Waals surface area contributed by atoms with E-state index in [0.717, 1.165) is 5.56 Å². The van der Waals surface area contributed by atoms with Crippen LogP contribution in [0.25, 0.3) is 0 Å². The van der Waals surface area contributed by atoms with E-state index in [1.54, 1.807) is 12.4 Å². The van der Waals surface area contributed by atoms with Crippen LogP contribution in [0.1, 0.15) is 5.56 Å². The zero-order valence-electron chi connectivity index (χ0n) is 10.2. The zero-order valence-corrected chi connectivity index (χ0v) is 11.0. The first-order valence-corrected chi connectivity index (χ1v) is 7.16. The number of nitrogen functional groups attached to an aromatic ring is 1. The van der Waals surface area contributed by atoms with E-state index in [1.165, 1.54) is 18.3 Å². The van der Waals surface area contributed by atoms with Crippen LogP contribution < -0.4 is 10.5 Å². The van der Waals surface area contributed by atoms with Gasteiger partial charge in [0, 0.05) is 25.1 Å². The summed E-state index contributed by atoms with van der Waals surface area (Å²) in [6.07, 6.45) is 5.20. The van der Waals surface area contributed by atoms with Gasteiger partial charge in [-0.05, 0) is 30.2 Å². The number of hydrogen-bond acceptors (Lipinski definition) is 5. The van der Waals surface area contributed by atoms with Crippen molar-refractivity contribution in [2.75, 3.05) is 12.3 Å². The van der Waals surface area contributed by atoms with E-state index in [4.69, 9.17) is 5.73 Å². The SMILES string of the molecule is Nc1ccc(S(=O)(=O)NCCc2cccnc2)cn1. The summed E-state index contributed by atoms with van der Waals surface area (Å²) >= 11 is 0. The molecule has 0 aromatic carbocycles. The smallest absolute Gasteiger partial charge is 0.242 e. The first-order valence-electron chi connectivity index (χ1n) is 5.68. The molecule has 0 bridgehead atoms. The summed E-state index contributed by atoms with van der Waals surface area (Å²) in [6, 6.07) is 6.59. The molecule has 2 aromatic rings. The number of anilines is 1. The van der Waals surface area contributed by atoms with Crippen LogP contribution in [0, 0.1) is 0 Å². The third-order valence-corrected chi connectivity index (χ3v) is 3.94. The van der Waals surface area contributed by atoms with Crippen LogP contribution in [0.2, 0.25) is 0 Å². The van der Waals surface area contributed by atoms with E-state index in [1.807, 2.05) is 12.1 Å². The van der Waals surface area contributed by atoms with Gasteiger partial charge in [0.15, 0.2) is 0 Å². The first-order chi connectivity index (χ1) is 9.08. The minimum atomic E-state index is -3.54. The Morgan fingerprint density at radius 2 is 2.05 bits per heavy atom. The molecule has 0 fully saturated rings. The highest BCUT2D eigenvalue weighted by Gasteiger charge is 2.13. The second kappa shape index (κ2) is 5.77. The fourth-order valence-corrected chi connectivity index (χ4v) is 2.49. The van der Waals surface area contributed by atoms with Crippen molar-refractivity contribution >= 4 is 15.8 Å². The third-order valence-electron chi connectivity index (χ3n) is 2.50. The molecule has 0 saturated carbocycles. The molecule has 3 N–H and O–H groups in total. The largest absolute Gasteiger partial charge is 0.384 e. The molecular formula is C12H14N4O2S. The number of hydrogen-bond donors (Lipinski definition) is 2. The summed E-state index contributed by atoms with van der Waals surface area (Å²) < 4.78 is 26.4. The van der Waals surface area contributed by atoms with Gasteiger partial charge in [0.05, 0.1) is 0 Å². The van der Waals surface area contributed by atoms with Gasteiger partial charge in [-0.1, -0.05) is 6.07 Å². The van der Waals surface area contributed by atoms with E-state index < -0.39 is 10.0 Å². The van der Waals surface area contributed by atoms with E-state index in [0.29, 0.717) is 13.0 Å². The van der Waals surface area contributed by atoms with Crippen LogP contribution in [0.4, 0.5) is 5.82 Å². The van der Waals surface area contributed by atoms with Crippen molar-refractivity contribution in [1.29, 1.82) is 0 Å². The standard InChI is InChI=1S/C12H14N4O2S/c13-12-4-3-11(9-15-12)19(17,18)16-7-5-10-2-1-6-14-8-10/h1-4,6,8-9,16H,5,7H2,(H2,13,15). The number of nitrogens with one attached hydrogen (secondary N) is 1. The van der Waals surface area contributed by atoms with Gasteiger partial charge in [-0.3, -0.25) is 4.98 Å². The Morgan fingerprint density at radius 3 is 2.68 bits per heavy atom. The molecule has 0 amide bonds. The lowest BCUT2D eigenvalue weighted by molar-refractivity contribution is 0.581. The molecule has 0 saturated heterocycles. The van der Waals surface area contributed by atoms with Gasteiger partial charge in [0.25, 0.3) is 0 Å².